The zero-order chi connectivity index (χ0) is 20.6. The van der Waals surface area contributed by atoms with Crippen LogP contribution in [0.1, 0.15) is 23.7 Å². The van der Waals surface area contributed by atoms with Crippen LogP contribution in [0.4, 0.5) is 0 Å². The van der Waals surface area contributed by atoms with Crippen LogP contribution in [-0.2, 0) is 16.0 Å². The molecular formula is C20H28N4O4S. The lowest BCUT2D eigenvalue weighted by atomic mass is 10.1. The summed E-state index contributed by atoms with van der Waals surface area (Å²) in [5.74, 6) is -0.166. The van der Waals surface area contributed by atoms with E-state index in [-0.39, 0.29) is 11.5 Å². The molecule has 0 saturated carbocycles. The molecule has 3 rings (SSSR count). The topological polar surface area (TPSA) is 88.6 Å². The minimum atomic E-state index is -0.166. The van der Waals surface area contributed by atoms with Crippen molar-refractivity contribution in [1.29, 1.82) is 0 Å². The zero-order valence-corrected chi connectivity index (χ0v) is 17.6. The van der Waals surface area contributed by atoms with Gasteiger partial charge >= 0.3 is 0 Å². The molecule has 2 N–H and O–H groups in total. The molecule has 0 radical (unpaired) electrons. The van der Waals surface area contributed by atoms with Crippen molar-refractivity contribution in [3.05, 3.63) is 38.9 Å². The van der Waals surface area contributed by atoms with Gasteiger partial charge in [-0.25, -0.2) is 0 Å². The summed E-state index contributed by atoms with van der Waals surface area (Å²) in [6, 6.07) is 5.04. The third-order valence-corrected chi connectivity index (χ3v) is 5.26. The molecule has 29 heavy (non-hydrogen) atoms. The average molecular weight is 421 g/mol. The normalized spacial score (nSPS) is 14.9. The Balaban J connectivity index is 1.66. The van der Waals surface area contributed by atoms with E-state index in [9.17, 15) is 9.59 Å². The number of aromatic amines is 1. The Bertz CT molecular complexity index is 950. The molecule has 1 aromatic carbocycles. The molecule has 0 spiro atoms. The number of H-pyrrole nitrogens is 1. The lowest BCUT2D eigenvalue weighted by Crippen LogP contribution is -2.41. The average Bonchev–Trinajstić information content (AvgIpc) is 2.73. The van der Waals surface area contributed by atoms with Crippen LogP contribution < -0.4 is 10.9 Å². The van der Waals surface area contributed by atoms with Crippen molar-refractivity contribution in [3.63, 3.8) is 0 Å². The Kier molecular flexibility index (Phi) is 7.93. The second kappa shape index (κ2) is 10.6. The summed E-state index contributed by atoms with van der Waals surface area (Å²) < 4.78 is 12.5. The molecule has 1 saturated heterocycles. The van der Waals surface area contributed by atoms with Gasteiger partial charge in [-0.1, -0.05) is 0 Å². The van der Waals surface area contributed by atoms with Gasteiger partial charge in [0.15, 0.2) is 4.77 Å². The van der Waals surface area contributed by atoms with Crippen molar-refractivity contribution >= 4 is 29.0 Å². The summed E-state index contributed by atoms with van der Waals surface area (Å²) >= 11 is 5.35. The summed E-state index contributed by atoms with van der Waals surface area (Å²) in [6.45, 7) is 8.27. The van der Waals surface area contributed by atoms with E-state index < -0.39 is 0 Å². The number of amides is 1. The highest BCUT2D eigenvalue weighted by Crippen LogP contribution is 2.11. The van der Waals surface area contributed by atoms with Crippen LogP contribution in [0.2, 0.25) is 0 Å². The molecule has 0 aliphatic carbocycles. The van der Waals surface area contributed by atoms with Crippen LogP contribution in [0.25, 0.3) is 10.9 Å². The van der Waals surface area contributed by atoms with Gasteiger partial charge in [0, 0.05) is 51.5 Å². The zero-order valence-electron chi connectivity index (χ0n) is 16.7. The molecule has 1 amide bonds. The largest absolute Gasteiger partial charge is 0.382 e. The van der Waals surface area contributed by atoms with Crippen LogP contribution in [0.5, 0.6) is 0 Å². The van der Waals surface area contributed by atoms with Crippen molar-refractivity contribution in [2.24, 2.45) is 0 Å². The van der Waals surface area contributed by atoms with Crippen molar-refractivity contribution in [1.82, 2.24) is 19.8 Å². The molecule has 2 aromatic rings. The fourth-order valence-electron chi connectivity index (χ4n) is 3.32. The number of fused-ring (bicyclic) bond motifs is 1. The summed E-state index contributed by atoms with van der Waals surface area (Å²) in [6.07, 6.45) is 0.709. The maximum atomic E-state index is 12.8. The van der Waals surface area contributed by atoms with Gasteiger partial charge < -0.3 is 19.8 Å². The minimum Gasteiger partial charge on any atom is -0.382 e. The van der Waals surface area contributed by atoms with Gasteiger partial charge in [-0.2, -0.15) is 0 Å². The third-order valence-electron chi connectivity index (χ3n) is 4.94. The second-order valence-corrected chi connectivity index (χ2v) is 7.29. The highest BCUT2D eigenvalue weighted by atomic mass is 32.1. The molecule has 2 heterocycles. The van der Waals surface area contributed by atoms with Crippen LogP contribution in [0.3, 0.4) is 0 Å². The van der Waals surface area contributed by atoms with Crippen LogP contribution in [0.15, 0.2) is 23.0 Å². The first kappa shape index (κ1) is 21.6. The number of nitrogens with zero attached hydrogens (tertiary/aromatic N) is 2. The van der Waals surface area contributed by atoms with Gasteiger partial charge in [0.05, 0.1) is 24.1 Å². The van der Waals surface area contributed by atoms with Gasteiger partial charge in [-0.3, -0.25) is 19.1 Å². The highest BCUT2D eigenvalue weighted by Gasteiger charge is 2.12. The number of rotatable bonds is 9. The third kappa shape index (κ3) is 5.72. The van der Waals surface area contributed by atoms with E-state index in [1.165, 1.54) is 0 Å². The van der Waals surface area contributed by atoms with Crippen molar-refractivity contribution < 1.29 is 14.3 Å². The summed E-state index contributed by atoms with van der Waals surface area (Å²) in [7, 11) is 0. The monoisotopic (exact) mass is 420 g/mol. The quantitative estimate of drug-likeness (QED) is 0.473. The van der Waals surface area contributed by atoms with Gasteiger partial charge in [0.1, 0.15) is 0 Å². The molecule has 0 unspecified atom stereocenters. The molecular weight excluding hydrogens is 392 g/mol. The van der Waals surface area contributed by atoms with E-state index in [0.29, 0.717) is 54.0 Å². The van der Waals surface area contributed by atoms with Crippen LogP contribution in [-0.4, -0.2) is 73.0 Å². The first-order valence-corrected chi connectivity index (χ1v) is 10.4. The van der Waals surface area contributed by atoms with Gasteiger partial charge in [0.25, 0.3) is 11.5 Å². The molecule has 0 atom stereocenters. The van der Waals surface area contributed by atoms with Gasteiger partial charge in [0.2, 0.25) is 0 Å². The lowest BCUT2D eigenvalue weighted by Gasteiger charge is -2.26. The smallest absolute Gasteiger partial charge is 0.262 e. The van der Waals surface area contributed by atoms with E-state index in [1.807, 2.05) is 6.92 Å². The van der Waals surface area contributed by atoms with Crippen molar-refractivity contribution in [2.75, 3.05) is 52.6 Å². The Morgan fingerprint density at radius 1 is 1.31 bits per heavy atom. The molecule has 1 fully saturated rings. The van der Waals surface area contributed by atoms with Crippen molar-refractivity contribution in [2.45, 2.75) is 19.9 Å². The van der Waals surface area contributed by atoms with E-state index in [2.05, 4.69) is 15.2 Å². The molecule has 8 nitrogen and oxygen atoms in total. The molecule has 1 aliphatic rings. The number of morpholine rings is 1. The molecule has 158 valence electrons. The Morgan fingerprint density at radius 2 is 2.10 bits per heavy atom. The standard InChI is InChI=1S/C20H28N4O4S/c1-2-27-11-3-7-24-19(26)16-5-4-15(14-17(16)22-20(24)29)18(25)21-6-8-23-9-12-28-13-10-23/h4-5,14H,2-3,6-13H2,1H3,(H,21,25)(H,22,29). The molecule has 0 bridgehead atoms. The fourth-order valence-corrected chi connectivity index (χ4v) is 3.61. The van der Waals surface area contributed by atoms with Gasteiger partial charge in [-0.05, 0) is 43.8 Å². The van der Waals surface area contributed by atoms with Crippen LogP contribution >= 0.6 is 12.2 Å². The lowest BCUT2D eigenvalue weighted by molar-refractivity contribution is 0.0383. The number of hydrogen-bond donors (Lipinski definition) is 2. The van der Waals surface area contributed by atoms with E-state index >= 15 is 0 Å². The first-order valence-electron chi connectivity index (χ1n) is 10.0. The predicted molar refractivity (Wildman–Crippen MR) is 114 cm³/mol. The molecule has 1 aromatic heterocycles. The fraction of sp³-hybridized carbons (Fsp3) is 0.550. The number of aromatic nitrogens is 2. The molecule has 1 aliphatic heterocycles. The van der Waals surface area contributed by atoms with E-state index in [1.54, 1.807) is 22.8 Å². The summed E-state index contributed by atoms with van der Waals surface area (Å²) in [5.41, 5.74) is 0.917. The maximum Gasteiger partial charge on any atom is 0.262 e. The Hall–Kier alpha value is -2.07. The summed E-state index contributed by atoms with van der Waals surface area (Å²) in [5, 5.41) is 3.45. The number of hydrogen-bond acceptors (Lipinski definition) is 6. The summed E-state index contributed by atoms with van der Waals surface area (Å²) in [4.78, 5) is 30.6. The minimum absolute atomic E-state index is 0.153. The molecule has 9 heteroatoms. The van der Waals surface area contributed by atoms with E-state index in [4.69, 9.17) is 21.7 Å². The number of benzene rings is 1. The van der Waals surface area contributed by atoms with Crippen molar-refractivity contribution in [3.8, 4) is 0 Å². The number of carbonyl (C=O) groups is 1. The predicted octanol–water partition coefficient (Wildman–Crippen LogP) is 1.55. The van der Waals surface area contributed by atoms with Crippen LogP contribution in [0, 0.1) is 4.77 Å². The highest BCUT2D eigenvalue weighted by molar-refractivity contribution is 7.71. The first-order chi connectivity index (χ1) is 14.1. The maximum absolute atomic E-state index is 12.8. The van der Waals surface area contributed by atoms with E-state index in [0.717, 1.165) is 32.8 Å². The number of nitrogens with one attached hydrogen (secondary N) is 2. The Morgan fingerprint density at radius 3 is 2.86 bits per heavy atom. The van der Waals surface area contributed by atoms with Gasteiger partial charge in [-0.15, -0.1) is 0 Å². The number of ether oxygens (including phenoxy) is 2. The SMILES string of the molecule is CCOCCCn1c(=S)[nH]c2cc(C(=O)NCCN3CCOCC3)ccc2c1=O. The Labute approximate surface area is 174 Å². The number of carbonyl (C=O) groups excluding carboxylic acids is 1. The second-order valence-electron chi connectivity index (χ2n) is 6.91.